The number of nitrogens with one attached hydrogen (secondary N) is 1. The minimum absolute atomic E-state index is 0.272. The summed E-state index contributed by atoms with van der Waals surface area (Å²) in [5, 5.41) is 20.0. The molecule has 1 atom stereocenters. The van der Waals surface area contributed by atoms with Gasteiger partial charge in [0.2, 0.25) is 0 Å². The number of esters is 1. The van der Waals surface area contributed by atoms with E-state index in [1.807, 2.05) is 0 Å². The van der Waals surface area contributed by atoms with E-state index in [1.54, 1.807) is 0 Å². The molecule has 0 bridgehead atoms. The number of rotatable bonds is 6. The zero-order valence-electron chi connectivity index (χ0n) is 7.12. The van der Waals surface area contributed by atoms with E-state index in [9.17, 15) is 4.79 Å². The second-order valence-electron chi connectivity index (χ2n) is 2.37. The van der Waals surface area contributed by atoms with Gasteiger partial charge < -0.3 is 20.3 Å². The predicted molar refractivity (Wildman–Crippen MR) is 42.6 cm³/mol. The summed E-state index contributed by atoms with van der Waals surface area (Å²) >= 11 is 0. The lowest BCUT2D eigenvalue weighted by Crippen LogP contribution is -2.30. The number of aliphatic hydroxyl groups is 2. The van der Waals surface area contributed by atoms with Crippen LogP contribution < -0.4 is 5.32 Å². The van der Waals surface area contributed by atoms with Gasteiger partial charge in [0.25, 0.3) is 0 Å². The van der Waals surface area contributed by atoms with Gasteiger partial charge in [0.05, 0.1) is 26.2 Å². The average Bonchev–Trinajstić information content (AvgIpc) is 2.11. The highest BCUT2D eigenvalue weighted by Crippen LogP contribution is 1.82. The van der Waals surface area contributed by atoms with Crippen molar-refractivity contribution in [2.45, 2.75) is 12.5 Å². The van der Waals surface area contributed by atoms with Crippen LogP contribution in [-0.4, -0.2) is 49.1 Å². The second kappa shape index (κ2) is 7.02. The van der Waals surface area contributed by atoms with Crippen LogP contribution in [0.25, 0.3) is 0 Å². The molecule has 0 aliphatic heterocycles. The fourth-order valence-electron chi connectivity index (χ4n) is 0.626. The summed E-state index contributed by atoms with van der Waals surface area (Å²) in [6.07, 6.45) is -0.489. The molecule has 5 nitrogen and oxygen atoms in total. The number of carbonyl (C=O) groups is 1. The summed E-state index contributed by atoms with van der Waals surface area (Å²) in [5.41, 5.74) is 0. The molecule has 5 heteroatoms. The molecular formula is C7H15NO4. The van der Waals surface area contributed by atoms with Gasteiger partial charge in [-0.15, -0.1) is 0 Å². The van der Waals surface area contributed by atoms with Gasteiger partial charge in [-0.05, 0) is 0 Å². The number of hydrogen-bond acceptors (Lipinski definition) is 5. The quantitative estimate of drug-likeness (QED) is 0.339. The Morgan fingerprint density at radius 2 is 2.33 bits per heavy atom. The van der Waals surface area contributed by atoms with E-state index in [-0.39, 0.29) is 25.5 Å². The Balaban J connectivity index is 3.15. The van der Waals surface area contributed by atoms with Crippen LogP contribution in [0.3, 0.4) is 0 Å². The highest BCUT2D eigenvalue weighted by atomic mass is 16.5. The summed E-state index contributed by atoms with van der Waals surface area (Å²) in [7, 11) is 1.32. The Bertz CT molecular complexity index is 129. The molecular weight excluding hydrogens is 162 g/mol. The van der Waals surface area contributed by atoms with E-state index in [1.165, 1.54) is 7.11 Å². The predicted octanol–water partition coefficient (Wildman–Crippen LogP) is -1.51. The molecule has 0 heterocycles. The van der Waals surface area contributed by atoms with Crippen molar-refractivity contribution in [1.82, 2.24) is 5.32 Å². The lowest BCUT2D eigenvalue weighted by atomic mass is 10.3. The van der Waals surface area contributed by atoms with E-state index in [0.29, 0.717) is 6.54 Å². The average molecular weight is 177 g/mol. The summed E-state index contributed by atoms with van der Waals surface area (Å²) < 4.78 is 4.39. The molecule has 0 rings (SSSR count). The van der Waals surface area contributed by atoms with E-state index >= 15 is 0 Å². The van der Waals surface area contributed by atoms with Gasteiger partial charge in [-0.1, -0.05) is 0 Å². The summed E-state index contributed by atoms with van der Waals surface area (Å²) in [5.74, 6) is -0.291. The van der Waals surface area contributed by atoms with Gasteiger partial charge >= 0.3 is 5.97 Å². The Kier molecular flexibility index (Phi) is 6.64. The third-order valence-electron chi connectivity index (χ3n) is 1.32. The summed E-state index contributed by atoms with van der Waals surface area (Å²) in [4.78, 5) is 10.6. The highest BCUT2D eigenvalue weighted by Gasteiger charge is 2.02. The third-order valence-corrected chi connectivity index (χ3v) is 1.32. The van der Waals surface area contributed by atoms with Crippen molar-refractivity contribution in [2.24, 2.45) is 0 Å². The lowest BCUT2D eigenvalue weighted by Gasteiger charge is -2.07. The molecule has 3 N–H and O–H groups in total. The van der Waals surface area contributed by atoms with Gasteiger partial charge in [-0.3, -0.25) is 4.79 Å². The Morgan fingerprint density at radius 3 is 2.83 bits per heavy atom. The largest absolute Gasteiger partial charge is 0.469 e. The van der Waals surface area contributed by atoms with Crippen molar-refractivity contribution >= 4 is 5.97 Å². The zero-order chi connectivity index (χ0) is 9.40. The van der Waals surface area contributed by atoms with Crippen molar-refractivity contribution in [3.05, 3.63) is 0 Å². The van der Waals surface area contributed by atoms with Crippen LogP contribution in [0.15, 0.2) is 0 Å². The topological polar surface area (TPSA) is 78.8 Å². The lowest BCUT2D eigenvalue weighted by molar-refractivity contribution is -0.140. The van der Waals surface area contributed by atoms with Crippen molar-refractivity contribution in [3.63, 3.8) is 0 Å². The van der Waals surface area contributed by atoms with Crippen molar-refractivity contribution < 1.29 is 19.7 Å². The van der Waals surface area contributed by atoms with Gasteiger partial charge in [0.15, 0.2) is 0 Å². The first-order valence-electron chi connectivity index (χ1n) is 3.77. The monoisotopic (exact) mass is 177 g/mol. The summed E-state index contributed by atoms with van der Waals surface area (Å²) in [6.45, 7) is 0.461. The molecule has 12 heavy (non-hydrogen) atoms. The first-order chi connectivity index (χ1) is 5.70. The first kappa shape index (κ1) is 11.4. The molecule has 0 fully saturated rings. The SMILES string of the molecule is COC(=O)CCNC[C@H](O)CO. The maximum absolute atomic E-state index is 10.6. The normalized spacial score (nSPS) is 12.6. The van der Waals surface area contributed by atoms with E-state index in [2.05, 4.69) is 10.1 Å². The molecule has 0 radical (unpaired) electrons. The number of ether oxygens (including phenoxy) is 1. The standard InChI is InChI=1S/C7H15NO4/c1-12-7(11)2-3-8-4-6(10)5-9/h6,8-10H,2-5H2,1H3/t6-/m0/s1. The number of hydrogen-bond donors (Lipinski definition) is 3. The van der Waals surface area contributed by atoms with E-state index in [0.717, 1.165) is 0 Å². The van der Waals surface area contributed by atoms with Crippen LogP contribution in [-0.2, 0) is 9.53 Å². The van der Waals surface area contributed by atoms with Gasteiger partial charge in [0, 0.05) is 13.1 Å². The molecule has 0 aliphatic rings. The molecule has 0 aromatic carbocycles. The molecule has 0 saturated carbocycles. The van der Waals surface area contributed by atoms with Crippen LogP contribution in [0, 0.1) is 0 Å². The molecule has 0 saturated heterocycles. The van der Waals surface area contributed by atoms with Gasteiger partial charge in [-0.25, -0.2) is 0 Å². The highest BCUT2D eigenvalue weighted by molar-refractivity contribution is 5.69. The minimum atomic E-state index is -0.761. The zero-order valence-corrected chi connectivity index (χ0v) is 7.12. The van der Waals surface area contributed by atoms with E-state index < -0.39 is 6.10 Å². The molecule has 0 aromatic heterocycles. The fourth-order valence-corrected chi connectivity index (χ4v) is 0.626. The Hall–Kier alpha value is -0.650. The van der Waals surface area contributed by atoms with Crippen LogP contribution in [0.1, 0.15) is 6.42 Å². The second-order valence-corrected chi connectivity index (χ2v) is 2.37. The van der Waals surface area contributed by atoms with Crippen LogP contribution in [0.4, 0.5) is 0 Å². The molecule has 0 aromatic rings. The minimum Gasteiger partial charge on any atom is -0.469 e. The molecule has 0 unspecified atom stereocenters. The van der Waals surface area contributed by atoms with E-state index in [4.69, 9.17) is 10.2 Å². The molecule has 0 aliphatic carbocycles. The number of aliphatic hydroxyl groups excluding tert-OH is 2. The first-order valence-corrected chi connectivity index (χ1v) is 3.77. The summed E-state index contributed by atoms with van der Waals surface area (Å²) in [6, 6.07) is 0. The van der Waals surface area contributed by atoms with Crippen molar-refractivity contribution in [3.8, 4) is 0 Å². The van der Waals surface area contributed by atoms with Gasteiger partial charge in [0.1, 0.15) is 0 Å². The number of methoxy groups -OCH3 is 1. The Morgan fingerprint density at radius 1 is 1.67 bits per heavy atom. The number of carbonyl (C=O) groups excluding carboxylic acids is 1. The van der Waals surface area contributed by atoms with Crippen molar-refractivity contribution in [1.29, 1.82) is 0 Å². The fraction of sp³-hybridized carbons (Fsp3) is 0.857. The van der Waals surface area contributed by atoms with Crippen LogP contribution in [0.2, 0.25) is 0 Å². The molecule has 72 valence electrons. The Labute approximate surface area is 71.3 Å². The van der Waals surface area contributed by atoms with Gasteiger partial charge in [-0.2, -0.15) is 0 Å². The molecule has 0 spiro atoms. The van der Waals surface area contributed by atoms with Crippen LogP contribution >= 0.6 is 0 Å². The van der Waals surface area contributed by atoms with Crippen LogP contribution in [0.5, 0.6) is 0 Å². The molecule has 0 amide bonds. The maximum atomic E-state index is 10.6. The van der Waals surface area contributed by atoms with Crippen molar-refractivity contribution in [2.75, 3.05) is 26.8 Å². The smallest absolute Gasteiger partial charge is 0.306 e. The maximum Gasteiger partial charge on any atom is 0.306 e. The third kappa shape index (κ3) is 6.09.